The molecule has 26 heavy (non-hydrogen) atoms. The highest BCUT2D eigenvalue weighted by atomic mass is 16.6. The van der Waals surface area contributed by atoms with Crippen LogP contribution in [0.4, 0.5) is 4.79 Å². The lowest BCUT2D eigenvalue weighted by Crippen LogP contribution is -2.59. The molecule has 2 heterocycles. The molecule has 0 saturated carbocycles. The minimum Gasteiger partial charge on any atom is -0.444 e. The SMILES string of the molecule is Cc1c[nH]c2c1=C(N1C[C@@H](C)N(C(=O)OC(C)(C)C)C[C@@H]1C)CC(C)C=2. The van der Waals surface area contributed by atoms with Gasteiger partial charge < -0.3 is 19.5 Å². The second-order valence-corrected chi connectivity index (χ2v) is 9.04. The number of hydrogen-bond acceptors (Lipinski definition) is 3. The van der Waals surface area contributed by atoms with Crippen molar-refractivity contribution in [2.75, 3.05) is 13.1 Å². The Labute approximate surface area is 156 Å². The van der Waals surface area contributed by atoms with Gasteiger partial charge in [0.15, 0.2) is 0 Å². The lowest BCUT2D eigenvalue weighted by molar-refractivity contribution is -0.00145. The molecule has 3 rings (SSSR count). The van der Waals surface area contributed by atoms with Crippen molar-refractivity contribution in [3.63, 3.8) is 0 Å². The second-order valence-electron chi connectivity index (χ2n) is 9.04. The molecule has 1 fully saturated rings. The number of aromatic nitrogens is 1. The molecule has 1 amide bonds. The van der Waals surface area contributed by atoms with Gasteiger partial charge in [-0.3, -0.25) is 0 Å². The van der Waals surface area contributed by atoms with E-state index in [0.717, 1.165) is 13.0 Å². The van der Waals surface area contributed by atoms with Crippen LogP contribution in [0.25, 0.3) is 11.8 Å². The fourth-order valence-electron chi connectivity index (χ4n) is 4.15. The molecule has 0 bridgehead atoms. The topological polar surface area (TPSA) is 48.6 Å². The average Bonchev–Trinajstić information content (AvgIpc) is 2.87. The minimum absolute atomic E-state index is 0.123. The van der Waals surface area contributed by atoms with Gasteiger partial charge in [0.05, 0.1) is 0 Å². The maximum atomic E-state index is 12.6. The van der Waals surface area contributed by atoms with Crippen LogP contribution in [0.15, 0.2) is 6.20 Å². The number of ether oxygens (including phenoxy) is 1. The van der Waals surface area contributed by atoms with E-state index < -0.39 is 5.60 Å². The maximum Gasteiger partial charge on any atom is 0.410 e. The summed E-state index contributed by atoms with van der Waals surface area (Å²) in [5.74, 6) is 0.516. The molecular weight excluding hydrogens is 326 g/mol. The van der Waals surface area contributed by atoms with Gasteiger partial charge in [-0.2, -0.15) is 0 Å². The highest BCUT2D eigenvalue weighted by Crippen LogP contribution is 2.27. The van der Waals surface area contributed by atoms with Crippen LogP contribution in [0, 0.1) is 12.8 Å². The van der Waals surface area contributed by atoms with E-state index in [2.05, 4.69) is 49.9 Å². The summed E-state index contributed by atoms with van der Waals surface area (Å²) in [6, 6.07) is 0.388. The largest absolute Gasteiger partial charge is 0.444 e. The van der Waals surface area contributed by atoms with Crippen molar-refractivity contribution in [3.8, 4) is 0 Å². The van der Waals surface area contributed by atoms with Crippen LogP contribution in [-0.2, 0) is 4.74 Å². The number of piperazine rings is 1. The van der Waals surface area contributed by atoms with Crippen molar-refractivity contribution in [3.05, 3.63) is 22.3 Å². The van der Waals surface area contributed by atoms with E-state index in [1.54, 1.807) is 0 Å². The van der Waals surface area contributed by atoms with Gasteiger partial charge in [-0.15, -0.1) is 0 Å². The molecule has 1 aliphatic heterocycles. The Morgan fingerprint density at radius 3 is 2.54 bits per heavy atom. The van der Waals surface area contributed by atoms with Gasteiger partial charge >= 0.3 is 6.09 Å². The summed E-state index contributed by atoms with van der Waals surface area (Å²) in [7, 11) is 0. The predicted octanol–water partition coefficient (Wildman–Crippen LogP) is 2.58. The fourth-order valence-corrected chi connectivity index (χ4v) is 4.15. The van der Waals surface area contributed by atoms with E-state index >= 15 is 0 Å². The Morgan fingerprint density at radius 2 is 1.88 bits per heavy atom. The number of nitrogens with zero attached hydrogens (tertiary/aromatic N) is 2. The number of nitrogens with one attached hydrogen (secondary N) is 1. The summed E-state index contributed by atoms with van der Waals surface area (Å²) in [6.45, 7) is 16.1. The monoisotopic (exact) mass is 359 g/mol. The van der Waals surface area contributed by atoms with Crippen molar-refractivity contribution in [2.45, 2.75) is 72.6 Å². The zero-order valence-electron chi connectivity index (χ0n) is 17.2. The zero-order chi connectivity index (χ0) is 19.2. The summed E-state index contributed by atoms with van der Waals surface area (Å²) >= 11 is 0. The molecule has 5 heteroatoms. The third-order valence-corrected chi connectivity index (χ3v) is 5.32. The molecule has 1 N–H and O–H groups in total. The Bertz CT molecular complexity index is 802. The Hall–Kier alpha value is -1.91. The van der Waals surface area contributed by atoms with Gasteiger partial charge in [0.25, 0.3) is 0 Å². The number of H-pyrrole nitrogens is 1. The first-order chi connectivity index (χ1) is 12.1. The van der Waals surface area contributed by atoms with Crippen molar-refractivity contribution >= 4 is 17.9 Å². The van der Waals surface area contributed by atoms with Crippen LogP contribution in [-0.4, -0.2) is 51.7 Å². The number of rotatable bonds is 1. The molecule has 0 aromatic carbocycles. The van der Waals surface area contributed by atoms with Crippen molar-refractivity contribution in [2.24, 2.45) is 5.92 Å². The number of carbonyl (C=O) groups is 1. The standard InChI is InChI=1S/C21H33N3O2/c1-13-8-17-19(14(2)10-22-17)18(9-13)23-11-16(4)24(12-15(23)3)20(25)26-21(5,6)7/h8,10,13,15-16,22H,9,11-12H2,1-7H3/t13?,15-,16+/m0/s1. The molecule has 144 valence electrons. The van der Waals surface area contributed by atoms with Crippen molar-refractivity contribution in [1.29, 1.82) is 0 Å². The van der Waals surface area contributed by atoms with E-state index in [4.69, 9.17) is 4.74 Å². The van der Waals surface area contributed by atoms with E-state index in [9.17, 15) is 4.79 Å². The Morgan fingerprint density at radius 1 is 1.19 bits per heavy atom. The Kier molecular flexibility index (Phi) is 4.84. The first-order valence-corrected chi connectivity index (χ1v) is 9.72. The number of amides is 1. The summed E-state index contributed by atoms with van der Waals surface area (Å²) in [6.07, 6.45) is 5.28. The van der Waals surface area contributed by atoms with E-state index in [1.807, 2.05) is 25.7 Å². The van der Waals surface area contributed by atoms with Gasteiger partial charge in [-0.25, -0.2) is 4.79 Å². The van der Waals surface area contributed by atoms with E-state index in [1.165, 1.54) is 21.8 Å². The van der Waals surface area contributed by atoms with Gasteiger partial charge in [-0.1, -0.05) is 13.0 Å². The molecule has 1 aliphatic carbocycles. The van der Waals surface area contributed by atoms with Crippen LogP contribution in [0.1, 0.15) is 53.5 Å². The van der Waals surface area contributed by atoms with Gasteiger partial charge in [0.2, 0.25) is 0 Å². The van der Waals surface area contributed by atoms with E-state index in [-0.39, 0.29) is 18.2 Å². The highest BCUT2D eigenvalue weighted by molar-refractivity contribution is 5.69. The molecule has 1 aromatic rings. The number of carbonyl (C=O) groups excluding carboxylic acids is 1. The van der Waals surface area contributed by atoms with Crippen LogP contribution in [0.2, 0.25) is 0 Å². The number of aryl methyl sites for hydroxylation is 1. The van der Waals surface area contributed by atoms with E-state index in [0.29, 0.717) is 12.5 Å². The molecule has 5 nitrogen and oxygen atoms in total. The lowest BCUT2D eigenvalue weighted by Gasteiger charge is -2.46. The predicted molar refractivity (Wildman–Crippen MR) is 105 cm³/mol. The molecule has 0 spiro atoms. The molecular formula is C21H33N3O2. The normalized spacial score (nSPS) is 26.4. The first-order valence-electron chi connectivity index (χ1n) is 9.72. The molecule has 0 radical (unpaired) electrons. The van der Waals surface area contributed by atoms with Gasteiger partial charge in [0, 0.05) is 47.6 Å². The molecule has 2 aliphatic rings. The third-order valence-electron chi connectivity index (χ3n) is 5.32. The lowest BCUT2D eigenvalue weighted by atomic mass is 9.95. The van der Waals surface area contributed by atoms with Crippen molar-refractivity contribution < 1.29 is 9.53 Å². The molecule has 3 atom stereocenters. The third kappa shape index (κ3) is 3.62. The summed E-state index contributed by atoms with van der Waals surface area (Å²) < 4.78 is 5.61. The molecule has 1 aromatic heterocycles. The van der Waals surface area contributed by atoms with Crippen LogP contribution in [0.5, 0.6) is 0 Å². The minimum atomic E-state index is -0.461. The highest BCUT2D eigenvalue weighted by Gasteiger charge is 2.36. The zero-order valence-corrected chi connectivity index (χ0v) is 17.2. The molecule has 1 unspecified atom stereocenters. The maximum absolute atomic E-state index is 12.6. The van der Waals surface area contributed by atoms with Crippen LogP contribution >= 0.6 is 0 Å². The number of hydrogen-bond donors (Lipinski definition) is 1. The second kappa shape index (κ2) is 6.67. The fraction of sp³-hybridized carbons (Fsp3) is 0.667. The summed E-state index contributed by atoms with van der Waals surface area (Å²) in [5.41, 5.74) is 2.25. The number of aromatic amines is 1. The molecule has 1 saturated heterocycles. The van der Waals surface area contributed by atoms with Gasteiger partial charge in [0.1, 0.15) is 5.60 Å². The van der Waals surface area contributed by atoms with Crippen LogP contribution in [0.3, 0.4) is 0 Å². The van der Waals surface area contributed by atoms with Gasteiger partial charge in [-0.05, 0) is 59.4 Å². The van der Waals surface area contributed by atoms with Crippen molar-refractivity contribution in [1.82, 2.24) is 14.8 Å². The summed E-state index contributed by atoms with van der Waals surface area (Å²) in [5, 5.41) is 2.60. The number of fused-ring (bicyclic) bond motifs is 1. The smallest absolute Gasteiger partial charge is 0.410 e. The quantitative estimate of drug-likeness (QED) is 0.838. The Balaban J connectivity index is 1.88. The van der Waals surface area contributed by atoms with Crippen LogP contribution < -0.4 is 10.6 Å². The first kappa shape index (κ1) is 18.9. The summed E-state index contributed by atoms with van der Waals surface area (Å²) in [4.78, 5) is 20.4. The average molecular weight is 360 g/mol.